The summed E-state index contributed by atoms with van der Waals surface area (Å²) in [4.78, 5) is 0. The second-order valence-corrected chi connectivity index (χ2v) is 6.66. The number of aryl methyl sites for hydroxylation is 2. The lowest BCUT2D eigenvalue weighted by atomic mass is 9.93. The first-order valence-corrected chi connectivity index (χ1v) is 8.37. The topological polar surface area (TPSA) is 12.0 Å². The summed E-state index contributed by atoms with van der Waals surface area (Å²) in [5.74, 6) is 0. The van der Waals surface area contributed by atoms with E-state index in [0.29, 0.717) is 0 Å². The maximum Gasteiger partial charge on any atom is 0.0594 e. The lowest BCUT2D eigenvalue weighted by molar-refractivity contribution is 0.627. The van der Waals surface area contributed by atoms with Crippen molar-refractivity contribution in [1.29, 1.82) is 0 Å². The predicted octanol–water partition coefficient (Wildman–Crippen LogP) is 5.73. The van der Waals surface area contributed by atoms with Crippen molar-refractivity contribution in [1.82, 2.24) is 5.32 Å². The predicted molar refractivity (Wildman–Crippen MR) is 95.3 cm³/mol. The first-order chi connectivity index (χ1) is 9.95. The molecule has 0 saturated carbocycles. The Morgan fingerprint density at radius 2 is 1.76 bits per heavy atom. The van der Waals surface area contributed by atoms with Gasteiger partial charge in [-0.1, -0.05) is 52.7 Å². The minimum Gasteiger partial charge on any atom is -0.306 e. The van der Waals surface area contributed by atoms with Crippen molar-refractivity contribution in [3.63, 3.8) is 0 Å². The van der Waals surface area contributed by atoms with Gasteiger partial charge >= 0.3 is 0 Å². The third-order valence-electron chi connectivity index (χ3n) is 3.95. The van der Waals surface area contributed by atoms with Gasteiger partial charge in [0.1, 0.15) is 0 Å². The van der Waals surface area contributed by atoms with Crippen LogP contribution in [-0.2, 0) is 0 Å². The van der Waals surface area contributed by atoms with Gasteiger partial charge in [0.05, 0.1) is 6.04 Å². The Kier molecular flexibility index (Phi) is 5.48. The standard InChI is InChI=1S/C18H21BrClN/c1-5-21-18(14-7-6-8-16(19)13(14)4)15-9-11(2)12(3)10-17(15)20/h6-10,18,21H,5H2,1-4H3. The van der Waals surface area contributed by atoms with Crippen molar-refractivity contribution >= 4 is 27.5 Å². The fourth-order valence-electron chi connectivity index (χ4n) is 2.55. The van der Waals surface area contributed by atoms with E-state index in [-0.39, 0.29) is 6.04 Å². The van der Waals surface area contributed by atoms with Crippen LogP contribution in [0.3, 0.4) is 0 Å². The minimum absolute atomic E-state index is 0.110. The normalized spacial score (nSPS) is 12.5. The summed E-state index contributed by atoms with van der Waals surface area (Å²) in [5.41, 5.74) is 6.15. The molecule has 2 rings (SSSR count). The zero-order valence-corrected chi connectivity index (χ0v) is 15.3. The molecule has 1 nitrogen and oxygen atoms in total. The van der Waals surface area contributed by atoms with E-state index in [1.165, 1.54) is 22.3 Å². The molecule has 1 atom stereocenters. The molecule has 2 aromatic carbocycles. The molecule has 0 heterocycles. The molecule has 1 N–H and O–H groups in total. The summed E-state index contributed by atoms with van der Waals surface area (Å²) in [5, 5.41) is 4.39. The van der Waals surface area contributed by atoms with Gasteiger partial charge in [-0.3, -0.25) is 0 Å². The van der Waals surface area contributed by atoms with Gasteiger partial charge in [-0.2, -0.15) is 0 Å². The molecule has 2 aromatic rings. The summed E-state index contributed by atoms with van der Waals surface area (Å²) in [7, 11) is 0. The maximum atomic E-state index is 6.52. The Bertz CT molecular complexity index is 652. The molecule has 3 heteroatoms. The fourth-order valence-corrected chi connectivity index (χ4v) is 3.26. The number of hydrogen-bond donors (Lipinski definition) is 1. The fraction of sp³-hybridized carbons (Fsp3) is 0.333. The highest BCUT2D eigenvalue weighted by Crippen LogP contribution is 2.34. The van der Waals surface area contributed by atoms with E-state index < -0.39 is 0 Å². The van der Waals surface area contributed by atoms with Gasteiger partial charge in [0.15, 0.2) is 0 Å². The van der Waals surface area contributed by atoms with Crippen molar-refractivity contribution in [2.75, 3.05) is 6.54 Å². The summed E-state index contributed by atoms with van der Waals surface area (Å²) in [6, 6.07) is 10.7. The molecule has 0 aliphatic heterocycles. The molecular formula is C18H21BrClN. The summed E-state index contributed by atoms with van der Waals surface area (Å²) >= 11 is 10.1. The van der Waals surface area contributed by atoms with Crippen molar-refractivity contribution in [3.05, 3.63) is 67.6 Å². The highest BCUT2D eigenvalue weighted by molar-refractivity contribution is 9.10. The molecule has 0 spiro atoms. The van der Waals surface area contributed by atoms with Gasteiger partial charge in [-0.25, -0.2) is 0 Å². The molecule has 0 aromatic heterocycles. The van der Waals surface area contributed by atoms with E-state index in [1.807, 2.05) is 0 Å². The summed E-state index contributed by atoms with van der Waals surface area (Å²) < 4.78 is 1.13. The van der Waals surface area contributed by atoms with Crippen LogP contribution in [0, 0.1) is 20.8 Å². The van der Waals surface area contributed by atoms with E-state index in [0.717, 1.165) is 21.6 Å². The first kappa shape index (κ1) is 16.5. The van der Waals surface area contributed by atoms with Gasteiger partial charge in [-0.05, 0) is 67.3 Å². The van der Waals surface area contributed by atoms with Gasteiger partial charge < -0.3 is 5.32 Å². The number of rotatable bonds is 4. The molecule has 0 amide bonds. The van der Waals surface area contributed by atoms with Crippen LogP contribution in [0.15, 0.2) is 34.8 Å². The second-order valence-electron chi connectivity index (χ2n) is 5.40. The first-order valence-electron chi connectivity index (χ1n) is 7.20. The van der Waals surface area contributed by atoms with Crippen molar-refractivity contribution in [3.8, 4) is 0 Å². The third-order valence-corrected chi connectivity index (χ3v) is 5.14. The van der Waals surface area contributed by atoms with Crippen LogP contribution < -0.4 is 5.32 Å². The van der Waals surface area contributed by atoms with Crippen molar-refractivity contribution < 1.29 is 0 Å². The van der Waals surface area contributed by atoms with E-state index in [2.05, 4.69) is 79.3 Å². The van der Waals surface area contributed by atoms with Crippen LogP contribution in [0.25, 0.3) is 0 Å². The number of hydrogen-bond acceptors (Lipinski definition) is 1. The quantitative estimate of drug-likeness (QED) is 0.729. The zero-order valence-electron chi connectivity index (χ0n) is 12.9. The van der Waals surface area contributed by atoms with Gasteiger partial charge in [0.2, 0.25) is 0 Å². The Labute approximate surface area is 140 Å². The highest BCUT2D eigenvalue weighted by Gasteiger charge is 2.19. The lowest BCUT2D eigenvalue weighted by Gasteiger charge is -2.23. The Balaban J connectivity index is 2.59. The van der Waals surface area contributed by atoms with Crippen LogP contribution >= 0.6 is 27.5 Å². The van der Waals surface area contributed by atoms with Crippen molar-refractivity contribution in [2.24, 2.45) is 0 Å². The van der Waals surface area contributed by atoms with Gasteiger partial charge in [-0.15, -0.1) is 0 Å². The molecule has 1 unspecified atom stereocenters. The molecule has 0 saturated heterocycles. The van der Waals surface area contributed by atoms with Crippen molar-refractivity contribution in [2.45, 2.75) is 33.7 Å². The zero-order chi connectivity index (χ0) is 15.6. The van der Waals surface area contributed by atoms with Crippen LogP contribution in [0.1, 0.15) is 40.8 Å². The van der Waals surface area contributed by atoms with Gasteiger partial charge in [0, 0.05) is 9.50 Å². The molecule has 21 heavy (non-hydrogen) atoms. The average Bonchev–Trinajstić information content (AvgIpc) is 2.44. The Hall–Kier alpha value is -0.830. The average molecular weight is 367 g/mol. The highest BCUT2D eigenvalue weighted by atomic mass is 79.9. The van der Waals surface area contributed by atoms with Crippen LogP contribution in [0.5, 0.6) is 0 Å². The number of benzene rings is 2. The number of halogens is 2. The second kappa shape index (κ2) is 6.95. The van der Waals surface area contributed by atoms with E-state index >= 15 is 0 Å². The van der Waals surface area contributed by atoms with E-state index in [9.17, 15) is 0 Å². The maximum absolute atomic E-state index is 6.52. The molecule has 0 aliphatic rings. The molecular weight excluding hydrogens is 346 g/mol. The largest absolute Gasteiger partial charge is 0.306 e. The minimum atomic E-state index is 0.110. The summed E-state index contributed by atoms with van der Waals surface area (Å²) in [6.45, 7) is 9.37. The third kappa shape index (κ3) is 3.50. The Morgan fingerprint density at radius 1 is 1.10 bits per heavy atom. The van der Waals surface area contributed by atoms with Crippen LogP contribution in [-0.4, -0.2) is 6.54 Å². The van der Waals surface area contributed by atoms with Crippen LogP contribution in [0.2, 0.25) is 5.02 Å². The summed E-state index contributed by atoms with van der Waals surface area (Å²) in [6.07, 6.45) is 0. The molecule has 0 aliphatic carbocycles. The van der Waals surface area contributed by atoms with E-state index in [1.54, 1.807) is 0 Å². The van der Waals surface area contributed by atoms with Crippen LogP contribution in [0.4, 0.5) is 0 Å². The smallest absolute Gasteiger partial charge is 0.0594 e. The molecule has 112 valence electrons. The SMILES string of the molecule is CCNC(c1cc(C)c(C)cc1Cl)c1cccc(Br)c1C. The monoisotopic (exact) mass is 365 g/mol. The molecule has 0 bridgehead atoms. The molecule has 0 radical (unpaired) electrons. The van der Waals surface area contributed by atoms with E-state index in [4.69, 9.17) is 11.6 Å². The molecule has 0 fully saturated rings. The Morgan fingerprint density at radius 3 is 2.43 bits per heavy atom. The lowest BCUT2D eigenvalue weighted by Crippen LogP contribution is -2.23. The number of nitrogens with one attached hydrogen (secondary N) is 1. The van der Waals surface area contributed by atoms with Gasteiger partial charge in [0.25, 0.3) is 0 Å².